The molecule has 1 heterocycles. The van der Waals surface area contributed by atoms with Crippen molar-refractivity contribution < 1.29 is 22.6 Å². The first-order valence-electron chi connectivity index (χ1n) is 12.2. The van der Waals surface area contributed by atoms with Crippen LogP contribution in [-0.2, 0) is 0 Å². The van der Waals surface area contributed by atoms with Crippen molar-refractivity contribution in [3.8, 4) is 28.4 Å². The first kappa shape index (κ1) is 27.5. The summed E-state index contributed by atoms with van der Waals surface area (Å²) >= 11 is 6.20. The Morgan fingerprint density at radius 2 is 1.47 bits per heavy atom. The summed E-state index contributed by atoms with van der Waals surface area (Å²) in [6.07, 6.45) is -1.98. The number of alkyl halides is 3. The van der Waals surface area contributed by atoms with Gasteiger partial charge in [-0.15, -0.1) is 13.2 Å². The Balaban J connectivity index is 1.52. The summed E-state index contributed by atoms with van der Waals surface area (Å²) in [5.74, 6) is 0.629. The van der Waals surface area contributed by atoms with E-state index in [4.69, 9.17) is 16.3 Å². The minimum atomic E-state index is -4.74. The lowest BCUT2D eigenvalue weighted by molar-refractivity contribution is -0.274. The molecule has 5 nitrogen and oxygen atoms in total. The predicted molar refractivity (Wildman–Crippen MR) is 146 cm³/mol. The van der Waals surface area contributed by atoms with Crippen LogP contribution in [0.15, 0.2) is 72.9 Å². The van der Waals surface area contributed by atoms with Gasteiger partial charge in [0.15, 0.2) is 0 Å². The van der Waals surface area contributed by atoms with E-state index in [1.807, 2.05) is 36.5 Å². The quantitative estimate of drug-likeness (QED) is 0.207. The van der Waals surface area contributed by atoms with E-state index >= 15 is 0 Å². The maximum atomic E-state index is 12.4. The van der Waals surface area contributed by atoms with Crippen LogP contribution in [0.25, 0.3) is 22.0 Å². The molecule has 4 aromatic rings. The molecule has 2 N–H and O–H groups in total. The van der Waals surface area contributed by atoms with E-state index < -0.39 is 6.36 Å². The summed E-state index contributed by atoms with van der Waals surface area (Å²) in [5, 5.41) is 8.68. The van der Waals surface area contributed by atoms with Crippen molar-refractivity contribution in [3.63, 3.8) is 0 Å². The summed E-state index contributed by atoms with van der Waals surface area (Å²) in [5.41, 5.74) is 3.70. The second kappa shape index (κ2) is 11.5. The van der Waals surface area contributed by atoms with Gasteiger partial charge in [0.25, 0.3) is 0 Å². The molecule has 4 rings (SSSR count). The number of nitrogens with zero attached hydrogens (tertiary/aromatic N) is 1. The van der Waals surface area contributed by atoms with Crippen molar-refractivity contribution in [1.82, 2.24) is 10.3 Å². The van der Waals surface area contributed by atoms with Crippen LogP contribution in [0.5, 0.6) is 17.2 Å². The number of benzene rings is 3. The fourth-order valence-electron chi connectivity index (χ4n) is 3.89. The highest BCUT2D eigenvalue weighted by Gasteiger charge is 2.31. The Bertz CT molecular complexity index is 1370. The maximum Gasteiger partial charge on any atom is 0.573 e. The average molecular weight is 544 g/mol. The number of nitrogens with one attached hydrogen (secondary N) is 2. The number of ether oxygens (including phenoxy) is 2. The molecule has 1 aromatic heterocycles. The second-order valence-electron chi connectivity index (χ2n) is 9.81. The monoisotopic (exact) mass is 543 g/mol. The van der Waals surface area contributed by atoms with E-state index in [1.54, 1.807) is 12.1 Å². The molecule has 0 saturated carbocycles. The number of hydrogen-bond donors (Lipinski definition) is 2. The predicted octanol–water partition coefficient (Wildman–Crippen LogP) is 8.44. The van der Waals surface area contributed by atoms with Gasteiger partial charge in [0, 0.05) is 34.3 Å². The Morgan fingerprint density at radius 1 is 0.842 bits per heavy atom. The third kappa shape index (κ3) is 7.76. The number of aromatic nitrogens is 1. The molecule has 0 amide bonds. The van der Waals surface area contributed by atoms with Crippen LogP contribution < -0.4 is 20.1 Å². The molecule has 0 bridgehead atoms. The molecule has 0 unspecified atom stereocenters. The molecule has 0 spiro atoms. The van der Waals surface area contributed by atoms with Crippen molar-refractivity contribution in [3.05, 3.63) is 77.9 Å². The number of pyridine rings is 1. The molecule has 9 heteroatoms. The molecule has 38 heavy (non-hydrogen) atoms. The van der Waals surface area contributed by atoms with E-state index in [0.29, 0.717) is 16.5 Å². The van der Waals surface area contributed by atoms with Crippen molar-refractivity contribution in [2.24, 2.45) is 0 Å². The molecule has 0 fully saturated rings. The number of anilines is 1. The van der Waals surface area contributed by atoms with E-state index in [0.717, 1.165) is 47.2 Å². The van der Waals surface area contributed by atoms with Crippen molar-refractivity contribution in [1.29, 1.82) is 0 Å². The number of fused-ring (bicyclic) bond motifs is 1. The Kier molecular flexibility index (Phi) is 8.33. The summed E-state index contributed by atoms with van der Waals surface area (Å²) in [6, 6.07) is 18.4. The molecule has 0 radical (unpaired) electrons. The third-order valence-corrected chi connectivity index (χ3v) is 5.84. The number of halogens is 4. The van der Waals surface area contributed by atoms with Gasteiger partial charge in [0.1, 0.15) is 17.2 Å². The van der Waals surface area contributed by atoms with Gasteiger partial charge in [-0.05, 0) is 93.9 Å². The topological polar surface area (TPSA) is 55.4 Å². The Hall–Kier alpha value is -3.49. The first-order valence-corrected chi connectivity index (χ1v) is 12.6. The van der Waals surface area contributed by atoms with E-state index in [9.17, 15) is 13.2 Å². The van der Waals surface area contributed by atoms with Gasteiger partial charge in [-0.25, -0.2) is 0 Å². The van der Waals surface area contributed by atoms with Gasteiger partial charge >= 0.3 is 6.36 Å². The van der Waals surface area contributed by atoms with E-state index in [1.165, 1.54) is 24.3 Å². The van der Waals surface area contributed by atoms with Crippen molar-refractivity contribution in [2.75, 3.05) is 18.4 Å². The standard InChI is InChI=1S/C29H29ClF3N3O2/c1-28(2,3)36-16-4-15-34-27-24-14-7-20(30)17-26(24)35-18-25(27)19-5-8-21(9-6-19)37-22-10-12-23(13-11-22)38-29(31,32)33/h5-14,17-18,36H,4,15-16H2,1-3H3,(H,34,35). The molecule has 0 saturated heterocycles. The van der Waals surface area contributed by atoms with Crippen LogP contribution in [0.2, 0.25) is 5.02 Å². The number of rotatable bonds is 9. The fraction of sp³-hybridized carbons (Fsp3) is 0.276. The molecule has 0 aliphatic rings. The summed E-state index contributed by atoms with van der Waals surface area (Å²) in [7, 11) is 0. The highest BCUT2D eigenvalue weighted by atomic mass is 35.5. The molecule has 0 aliphatic carbocycles. The number of hydrogen-bond acceptors (Lipinski definition) is 5. The zero-order valence-electron chi connectivity index (χ0n) is 21.3. The third-order valence-electron chi connectivity index (χ3n) is 5.60. The van der Waals surface area contributed by atoms with Crippen LogP contribution in [-0.4, -0.2) is 30.0 Å². The van der Waals surface area contributed by atoms with E-state index in [2.05, 4.69) is 41.1 Å². The lowest BCUT2D eigenvalue weighted by Crippen LogP contribution is -2.36. The van der Waals surface area contributed by atoms with Gasteiger partial charge in [0.2, 0.25) is 0 Å². The summed E-state index contributed by atoms with van der Waals surface area (Å²) in [6.45, 7) is 8.08. The van der Waals surface area contributed by atoms with Gasteiger partial charge < -0.3 is 20.1 Å². The Morgan fingerprint density at radius 3 is 2.11 bits per heavy atom. The normalized spacial score (nSPS) is 12.0. The zero-order valence-corrected chi connectivity index (χ0v) is 22.1. The SMILES string of the molecule is CC(C)(C)NCCCNc1c(-c2ccc(Oc3ccc(OC(F)(F)F)cc3)cc2)cnc2cc(Cl)ccc12. The fourth-order valence-corrected chi connectivity index (χ4v) is 4.06. The molecule has 3 aromatic carbocycles. The van der Waals surface area contributed by atoms with Gasteiger partial charge in [-0.3, -0.25) is 4.98 Å². The minimum Gasteiger partial charge on any atom is -0.457 e. The van der Waals surface area contributed by atoms with Crippen molar-refractivity contribution >= 4 is 28.2 Å². The summed E-state index contributed by atoms with van der Waals surface area (Å²) in [4.78, 5) is 4.62. The van der Waals surface area contributed by atoms with Gasteiger partial charge in [0.05, 0.1) is 11.2 Å². The molecule has 200 valence electrons. The minimum absolute atomic E-state index is 0.0635. The molecule has 0 aliphatic heterocycles. The molecule has 0 atom stereocenters. The van der Waals surface area contributed by atoms with Crippen LogP contribution >= 0.6 is 11.6 Å². The average Bonchev–Trinajstić information content (AvgIpc) is 2.84. The lowest BCUT2D eigenvalue weighted by Gasteiger charge is -2.21. The smallest absolute Gasteiger partial charge is 0.457 e. The largest absolute Gasteiger partial charge is 0.573 e. The van der Waals surface area contributed by atoms with Crippen LogP contribution in [0.4, 0.5) is 18.9 Å². The zero-order chi connectivity index (χ0) is 27.3. The lowest BCUT2D eigenvalue weighted by atomic mass is 10.0. The van der Waals surface area contributed by atoms with E-state index in [-0.39, 0.29) is 11.3 Å². The summed E-state index contributed by atoms with van der Waals surface area (Å²) < 4.78 is 46.8. The van der Waals surface area contributed by atoms with Gasteiger partial charge in [-0.2, -0.15) is 0 Å². The van der Waals surface area contributed by atoms with Gasteiger partial charge in [-0.1, -0.05) is 23.7 Å². The molecular formula is C29H29ClF3N3O2. The highest BCUT2D eigenvalue weighted by Crippen LogP contribution is 2.36. The highest BCUT2D eigenvalue weighted by molar-refractivity contribution is 6.31. The molecular weight excluding hydrogens is 515 g/mol. The van der Waals surface area contributed by atoms with Crippen molar-refractivity contribution in [2.45, 2.75) is 39.1 Å². The Labute approximate surface area is 224 Å². The van der Waals surface area contributed by atoms with Crippen LogP contribution in [0, 0.1) is 0 Å². The first-order chi connectivity index (χ1) is 18.0. The van der Waals surface area contributed by atoms with Crippen LogP contribution in [0.1, 0.15) is 27.2 Å². The van der Waals surface area contributed by atoms with Crippen LogP contribution in [0.3, 0.4) is 0 Å². The second-order valence-corrected chi connectivity index (χ2v) is 10.2. The maximum absolute atomic E-state index is 12.4.